The number of esters is 2. The van der Waals surface area contributed by atoms with E-state index in [2.05, 4.69) is 22.6 Å². The van der Waals surface area contributed by atoms with Gasteiger partial charge in [-0.15, -0.1) is 9.79 Å². The molecule has 96 valence electrons. The number of hydrogen-bond acceptors (Lipinski definition) is 5. The summed E-state index contributed by atoms with van der Waals surface area (Å²) in [6, 6.07) is 0. The molecule has 0 aliphatic rings. The summed E-state index contributed by atoms with van der Waals surface area (Å²) in [6.45, 7) is 9.31. The fourth-order valence-electron chi connectivity index (χ4n) is 0.383. The average molecular weight is 265 g/mol. The normalized spacial score (nSPS) is 8.24. The van der Waals surface area contributed by atoms with E-state index in [1.807, 2.05) is 0 Å². The molecule has 0 aromatic heterocycles. The van der Waals surface area contributed by atoms with Gasteiger partial charge in [0.05, 0.1) is 0 Å². The molecule has 0 atom stereocenters. The topological polar surface area (TPSA) is 110 Å². The van der Waals surface area contributed by atoms with E-state index in [-0.39, 0.29) is 11.1 Å². The van der Waals surface area contributed by atoms with Crippen molar-refractivity contribution in [3.8, 4) is 0 Å². The molecule has 0 bridgehead atoms. The Labute approximate surface area is 99.3 Å². The van der Waals surface area contributed by atoms with E-state index >= 15 is 0 Å². The molecule has 0 fully saturated rings. The van der Waals surface area contributed by atoms with Gasteiger partial charge in [0.1, 0.15) is 0 Å². The van der Waals surface area contributed by atoms with Gasteiger partial charge >= 0.3 is 20.2 Å². The molecule has 0 radical (unpaired) electrons. The van der Waals surface area contributed by atoms with Crippen LogP contribution < -0.4 is 0 Å². The quantitative estimate of drug-likeness (QED) is 0.335. The fourth-order valence-corrected chi connectivity index (χ4v) is 0.383. The first kappa shape index (κ1) is 17.8. The number of hydrogen-bond donors (Lipinski definition) is 2. The molecule has 0 rings (SSSR count). The van der Waals surface area contributed by atoms with E-state index in [0.29, 0.717) is 0 Å². The van der Waals surface area contributed by atoms with E-state index < -0.39 is 27.0 Å². The smallest absolute Gasteiger partial charge is 0.425 e. The Morgan fingerprint density at radius 2 is 1.29 bits per heavy atom. The molecular formula is C9H14O7P+. The maximum Gasteiger partial charge on any atom is 0.692 e. The molecule has 0 spiro atoms. The van der Waals surface area contributed by atoms with Crippen molar-refractivity contribution in [1.82, 2.24) is 0 Å². The minimum absolute atomic E-state index is 0.256. The van der Waals surface area contributed by atoms with Crippen molar-refractivity contribution in [3.05, 3.63) is 24.3 Å². The summed E-state index contributed by atoms with van der Waals surface area (Å²) in [5.74, 6) is -1.18. The molecule has 0 amide bonds. The second-order valence-corrected chi connectivity index (χ2v) is 3.30. The van der Waals surface area contributed by atoms with Crippen molar-refractivity contribution in [3.63, 3.8) is 0 Å². The summed E-state index contributed by atoms with van der Waals surface area (Å²) in [6.07, 6.45) is 0. The Morgan fingerprint density at radius 1 is 1.06 bits per heavy atom. The van der Waals surface area contributed by atoms with Crippen LogP contribution in [0.3, 0.4) is 0 Å². The monoisotopic (exact) mass is 265 g/mol. The summed E-state index contributed by atoms with van der Waals surface area (Å²) < 4.78 is 17.7. The van der Waals surface area contributed by atoms with E-state index in [9.17, 15) is 9.59 Å². The third-order valence-corrected chi connectivity index (χ3v) is 1.08. The SMILES string of the molecule is C=C(C)C(=O)OCOC(=O)C(=C)C.O=[P+](O)O. The van der Waals surface area contributed by atoms with Crippen LogP contribution in [0.4, 0.5) is 0 Å². The highest BCUT2D eigenvalue weighted by Gasteiger charge is 2.06. The molecule has 0 aromatic rings. The third-order valence-electron chi connectivity index (χ3n) is 1.08. The molecule has 0 unspecified atom stereocenters. The summed E-state index contributed by atoms with van der Waals surface area (Å²) in [5, 5.41) is 0. The molecule has 2 N–H and O–H groups in total. The summed E-state index contributed by atoms with van der Waals surface area (Å²) in [7, 11) is -2.87. The highest BCUT2D eigenvalue weighted by molar-refractivity contribution is 7.30. The molecule has 0 heterocycles. The predicted octanol–water partition coefficient (Wildman–Crippen LogP) is 0.811. The van der Waals surface area contributed by atoms with Gasteiger partial charge in [-0.05, 0) is 13.8 Å². The maximum absolute atomic E-state index is 10.8. The molecule has 0 aromatic carbocycles. The van der Waals surface area contributed by atoms with Crippen LogP contribution >= 0.6 is 8.25 Å². The largest absolute Gasteiger partial charge is 0.692 e. The number of rotatable bonds is 4. The third kappa shape index (κ3) is 14.4. The van der Waals surface area contributed by atoms with Gasteiger partial charge in [0.15, 0.2) is 0 Å². The molecule has 0 saturated carbocycles. The Balaban J connectivity index is 0. The Morgan fingerprint density at radius 3 is 1.47 bits per heavy atom. The molecule has 0 aliphatic heterocycles. The first-order valence-corrected chi connectivity index (χ1v) is 5.35. The lowest BCUT2D eigenvalue weighted by atomic mass is 10.4. The lowest BCUT2D eigenvalue weighted by Crippen LogP contribution is -2.13. The number of carbonyl (C=O) groups is 2. The van der Waals surface area contributed by atoms with Gasteiger partial charge in [0, 0.05) is 15.7 Å². The second-order valence-electron chi connectivity index (χ2n) is 2.79. The highest BCUT2D eigenvalue weighted by Crippen LogP contribution is 1.98. The van der Waals surface area contributed by atoms with Crippen molar-refractivity contribution >= 4 is 20.2 Å². The van der Waals surface area contributed by atoms with Crippen molar-refractivity contribution in [2.45, 2.75) is 13.8 Å². The molecule has 7 nitrogen and oxygen atoms in total. The minimum atomic E-state index is -2.87. The maximum atomic E-state index is 10.8. The van der Waals surface area contributed by atoms with Crippen LogP contribution in [-0.2, 0) is 23.6 Å². The van der Waals surface area contributed by atoms with Crippen molar-refractivity contribution in [2.24, 2.45) is 0 Å². The van der Waals surface area contributed by atoms with Crippen LogP contribution in [0.5, 0.6) is 0 Å². The summed E-state index contributed by atoms with van der Waals surface area (Å²) >= 11 is 0. The molecular weight excluding hydrogens is 251 g/mol. The zero-order valence-electron chi connectivity index (χ0n) is 9.50. The Kier molecular flexibility index (Phi) is 10.1. The van der Waals surface area contributed by atoms with Crippen LogP contribution in [0.2, 0.25) is 0 Å². The predicted molar refractivity (Wildman–Crippen MR) is 58.7 cm³/mol. The summed E-state index contributed by atoms with van der Waals surface area (Å²) in [4.78, 5) is 35.8. The van der Waals surface area contributed by atoms with Crippen molar-refractivity contribution < 1.29 is 33.4 Å². The summed E-state index contributed by atoms with van der Waals surface area (Å²) in [5.41, 5.74) is 0.512. The first-order chi connectivity index (χ1) is 7.68. The van der Waals surface area contributed by atoms with Crippen molar-refractivity contribution in [1.29, 1.82) is 0 Å². The van der Waals surface area contributed by atoms with Crippen molar-refractivity contribution in [2.75, 3.05) is 6.79 Å². The number of carbonyl (C=O) groups excluding carboxylic acids is 2. The van der Waals surface area contributed by atoms with Crippen LogP contribution in [0.25, 0.3) is 0 Å². The van der Waals surface area contributed by atoms with E-state index in [4.69, 9.17) is 14.4 Å². The van der Waals surface area contributed by atoms with Crippen LogP contribution in [0.15, 0.2) is 24.3 Å². The first-order valence-electron chi connectivity index (χ1n) is 4.18. The van der Waals surface area contributed by atoms with Gasteiger partial charge < -0.3 is 9.47 Å². The Bertz CT molecular complexity index is 304. The zero-order valence-corrected chi connectivity index (χ0v) is 10.4. The fraction of sp³-hybridized carbons (Fsp3) is 0.333. The van der Waals surface area contributed by atoms with Gasteiger partial charge in [-0.25, -0.2) is 9.59 Å². The molecule has 0 aliphatic carbocycles. The number of ether oxygens (including phenoxy) is 2. The highest BCUT2D eigenvalue weighted by atomic mass is 31.1. The van der Waals surface area contributed by atoms with E-state index in [1.54, 1.807) is 0 Å². The Hall–Kier alpha value is -1.56. The molecule has 8 heteroatoms. The van der Waals surface area contributed by atoms with E-state index in [0.717, 1.165) is 0 Å². The van der Waals surface area contributed by atoms with Gasteiger partial charge in [-0.2, -0.15) is 0 Å². The van der Waals surface area contributed by atoms with Gasteiger partial charge in [-0.3, -0.25) is 0 Å². The lowest BCUT2D eigenvalue weighted by Gasteiger charge is -2.04. The van der Waals surface area contributed by atoms with Gasteiger partial charge in [0.25, 0.3) is 0 Å². The van der Waals surface area contributed by atoms with E-state index in [1.165, 1.54) is 13.8 Å². The second kappa shape index (κ2) is 9.65. The molecule has 0 saturated heterocycles. The standard InChI is InChI=1S/C9H12O4.HO3P/c1-6(2)8(10)12-5-13-9(11)7(3)4;1-4(2)3/h1,3,5H2,2,4H3;(H-,1,2,3)/p+1. The van der Waals surface area contributed by atoms with Gasteiger partial charge in [-0.1, -0.05) is 13.2 Å². The zero-order chi connectivity index (χ0) is 14.0. The minimum Gasteiger partial charge on any atom is -0.425 e. The van der Waals surface area contributed by atoms with Crippen LogP contribution in [-0.4, -0.2) is 28.5 Å². The van der Waals surface area contributed by atoms with Gasteiger partial charge in [0.2, 0.25) is 6.79 Å². The van der Waals surface area contributed by atoms with Crippen LogP contribution in [0.1, 0.15) is 13.8 Å². The average Bonchev–Trinajstić information content (AvgIpc) is 2.15. The molecule has 17 heavy (non-hydrogen) atoms. The van der Waals surface area contributed by atoms with Crippen LogP contribution in [0, 0.1) is 0 Å². The lowest BCUT2D eigenvalue weighted by molar-refractivity contribution is -0.161.